The van der Waals surface area contributed by atoms with Crippen molar-refractivity contribution in [3.05, 3.63) is 47.3 Å². The first-order valence-electron chi connectivity index (χ1n) is 11.1. The molecule has 1 unspecified atom stereocenters. The van der Waals surface area contributed by atoms with Gasteiger partial charge in [0.15, 0.2) is 0 Å². The first-order chi connectivity index (χ1) is 14.2. The minimum Gasteiger partial charge on any atom is -0.303 e. The van der Waals surface area contributed by atoms with Crippen LogP contribution in [0.25, 0.3) is 11.3 Å². The highest BCUT2D eigenvalue weighted by molar-refractivity contribution is 5.56. The monoisotopic (exact) mass is 395 g/mol. The minimum atomic E-state index is 0.0293. The molecule has 0 amide bonds. The molecular formula is C23H33N5O. The van der Waals surface area contributed by atoms with Crippen molar-refractivity contribution in [3.63, 3.8) is 0 Å². The zero-order chi connectivity index (χ0) is 20.1. The van der Waals surface area contributed by atoms with Crippen molar-refractivity contribution in [1.82, 2.24) is 24.3 Å². The van der Waals surface area contributed by atoms with Crippen LogP contribution in [0.15, 0.2) is 41.7 Å². The lowest BCUT2D eigenvalue weighted by Crippen LogP contribution is -2.41. The average Bonchev–Trinajstić information content (AvgIpc) is 2.76. The fourth-order valence-electron chi connectivity index (χ4n) is 4.75. The molecule has 4 heterocycles. The number of pyridine rings is 1. The van der Waals surface area contributed by atoms with Crippen molar-refractivity contribution in [1.29, 1.82) is 0 Å². The summed E-state index contributed by atoms with van der Waals surface area (Å²) < 4.78 is 1.77. The van der Waals surface area contributed by atoms with Gasteiger partial charge in [-0.2, -0.15) is 0 Å². The van der Waals surface area contributed by atoms with Gasteiger partial charge >= 0.3 is 0 Å². The second-order valence-corrected chi connectivity index (χ2v) is 8.71. The van der Waals surface area contributed by atoms with E-state index in [0.717, 1.165) is 44.1 Å². The Morgan fingerprint density at radius 3 is 2.72 bits per heavy atom. The van der Waals surface area contributed by atoms with Crippen molar-refractivity contribution in [2.24, 2.45) is 5.92 Å². The van der Waals surface area contributed by atoms with Crippen LogP contribution in [0.1, 0.15) is 38.5 Å². The van der Waals surface area contributed by atoms with E-state index in [4.69, 9.17) is 0 Å². The summed E-state index contributed by atoms with van der Waals surface area (Å²) >= 11 is 0. The highest BCUT2D eigenvalue weighted by Gasteiger charge is 2.23. The largest absolute Gasteiger partial charge is 0.303 e. The van der Waals surface area contributed by atoms with E-state index in [1.807, 2.05) is 12.1 Å². The van der Waals surface area contributed by atoms with E-state index < -0.39 is 0 Å². The molecule has 6 heteroatoms. The molecule has 2 aromatic heterocycles. The van der Waals surface area contributed by atoms with Crippen molar-refractivity contribution in [2.75, 3.05) is 33.2 Å². The summed E-state index contributed by atoms with van der Waals surface area (Å²) in [5.74, 6) is 0.562. The molecule has 4 rings (SSSR count). The fourth-order valence-corrected chi connectivity index (χ4v) is 4.75. The Balaban J connectivity index is 1.26. The molecule has 0 saturated carbocycles. The smallest absolute Gasteiger partial charge is 0.253 e. The van der Waals surface area contributed by atoms with Crippen LogP contribution < -0.4 is 5.56 Å². The van der Waals surface area contributed by atoms with Gasteiger partial charge in [-0.3, -0.25) is 14.3 Å². The van der Waals surface area contributed by atoms with E-state index in [1.54, 1.807) is 29.4 Å². The van der Waals surface area contributed by atoms with E-state index >= 15 is 0 Å². The molecule has 0 N–H and O–H groups in total. The van der Waals surface area contributed by atoms with E-state index in [2.05, 4.69) is 26.8 Å². The van der Waals surface area contributed by atoms with Crippen LogP contribution in [0.3, 0.4) is 0 Å². The van der Waals surface area contributed by atoms with Crippen LogP contribution in [0.5, 0.6) is 0 Å². The predicted octanol–water partition coefficient (Wildman–Crippen LogP) is 2.89. The van der Waals surface area contributed by atoms with E-state index in [9.17, 15) is 4.79 Å². The average molecular weight is 396 g/mol. The first kappa shape index (κ1) is 20.2. The van der Waals surface area contributed by atoms with Crippen molar-refractivity contribution in [2.45, 2.75) is 51.1 Å². The quantitative estimate of drug-likeness (QED) is 0.753. The van der Waals surface area contributed by atoms with Crippen LogP contribution in [0.2, 0.25) is 0 Å². The Bertz CT molecular complexity index is 829. The maximum Gasteiger partial charge on any atom is 0.253 e. The van der Waals surface area contributed by atoms with Crippen LogP contribution >= 0.6 is 0 Å². The maximum absolute atomic E-state index is 12.5. The maximum atomic E-state index is 12.5. The molecule has 156 valence electrons. The number of nitrogens with zero attached hydrogens (tertiary/aromatic N) is 5. The Labute approximate surface area is 173 Å². The molecule has 2 saturated heterocycles. The summed E-state index contributed by atoms with van der Waals surface area (Å²) in [5.41, 5.74) is 1.61. The molecule has 0 spiro atoms. The van der Waals surface area contributed by atoms with Gasteiger partial charge in [0, 0.05) is 36.6 Å². The molecule has 0 aromatic carbocycles. The van der Waals surface area contributed by atoms with Crippen molar-refractivity contribution >= 4 is 0 Å². The summed E-state index contributed by atoms with van der Waals surface area (Å²) in [6, 6.07) is 6.19. The van der Waals surface area contributed by atoms with Gasteiger partial charge in [-0.05, 0) is 83.4 Å². The SMILES string of the molecule is CN1CCCCC1CCN1CCC(Cn2cnc(-c3cccnc3)cc2=O)CC1. The number of piperidine rings is 2. The molecule has 2 aromatic rings. The summed E-state index contributed by atoms with van der Waals surface area (Å²) in [6.45, 7) is 5.55. The van der Waals surface area contributed by atoms with E-state index in [0.29, 0.717) is 11.6 Å². The normalized spacial score (nSPS) is 22.0. The molecule has 2 aliphatic heterocycles. The third-order valence-electron chi connectivity index (χ3n) is 6.70. The molecule has 0 bridgehead atoms. The highest BCUT2D eigenvalue weighted by atomic mass is 16.1. The zero-order valence-corrected chi connectivity index (χ0v) is 17.5. The van der Waals surface area contributed by atoms with Crippen LogP contribution in [-0.4, -0.2) is 63.6 Å². The highest BCUT2D eigenvalue weighted by Crippen LogP contribution is 2.22. The molecule has 0 radical (unpaired) electrons. The van der Waals surface area contributed by atoms with Gasteiger partial charge in [0.2, 0.25) is 0 Å². The predicted molar refractivity (Wildman–Crippen MR) is 116 cm³/mol. The zero-order valence-electron chi connectivity index (χ0n) is 17.5. The third kappa shape index (κ3) is 5.31. The Hall–Kier alpha value is -2.05. The summed E-state index contributed by atoms with van der Waals surface area (Å²) in [4.78, 5) is 26.3. The molecule has 6 nitrogen and oxygen atoms in total. The first-order valence-corrected chi connectivity index (χ1v) is 11.1. The molecule has 29 heavy (non-hydrogen) atoms. The van der Waals surface area contributed by atoms with Gasteiger partial charge in [-0.15, -0.1) is 0 Å². The topological polar surface area (TPSA) is 54.3 Å². The summed E-state index contributed by atoms with van der Waals surface area (Å²) in [6.07, 6.45) is 12.9. The third-order valence-corrected chi connectivity index (χ3v) is 6.70. The number of hydrogen-bond acceptors (Lipinski definition) is 5. The molecular weight excluding hydrogens is 362 g/mol. The second kappa shape index (κ2) is 9.63. The van der Waals surface area contributed by atoms with Crippen LogP contribution in [-0.2, 0) is 6.54 Å². The van der Waals surface area contributed by atoms with Gasteiger partial charge in [-0.25, -0.2) is 4.98 Å². The summed E-state index contributed by atoms with van der Waals surface area (Å²) in [7, 11) is 2.28. The van der Waals surface area contributed by atoms with Crippen LogP contribution in [0, 0.1) is 5.92 Å². The van der Waals surface area contributed by atoms with E-state index in [-0.39, 0.29) is 5.56 Å². The number of hydrogen-bond donors (Lipinski definition) is 0. The molecule has 1 atom stereocenters. The van der Waals surface area contributed by atoms with E-state index in [1.165, 1.54) is 38.8 Å². The van der Waals surface area contributed by atoms with Crippen molar-refractivity contribution in [3.8, 4) is 11.3 Å². The molecule has 2 aliphatic rings. The number of aromatic nitrogens is 3. The minimum absolute atomic E-state index is 0.0293. The lowest BCUT2D eigenvalue weighted by molar-refractivity contribution is 0.130. The van der Waals surface area contributed by atoms with Gasteiger partial charge < -0.3 is 9.80 Å². The fraction of sp³-hybridized carbons (Fsp3) is 0.609. The standard InChI is InChI=1S/C23H33N5O/c1-26-11-3-2-6-21(26)9-14-27-12-7-19(8-13-27)17-28-18-25-22(15-23(28)29)20-5-4-10-24-16-20/h4-5,10,15-16,18-19,21H,2-3,6-9,11-14,17H2,1H3. The second-order valence-electron chi connectivity index (χ2n) is 8.71. The van der Waals surface area contributed by atoms with Gasteiger partial charge in [0.05, 0.1) is 12.0 Å². The van der Waals surface area contributed by atoms with Gasteiger partial charge in [0.25, 0.3) is 5.56 Å². The number of rotatable bonds is 6. The molecule has 2 fully saturated rings. The Morgan fingerprint density at radius 2 is 2.00 bits per heavy atom. The lowest BCUT2D eigenvalue weighted by Gasteiger charge is -2.36. The van der Waals surface area contributed by atoms with Gasteiger partial charge in [0.1, 0.15) is 0 Å². The van der Waals surface area contributed by atoms with Gasteiger partial charge in [-0.1, -0.05) is 6.42 Å². The van der Waals surface area contributed by atoms with Crippen LogP contribution in [0.4, 0.5) is 0 Å². The lowest BCUT2D eigenvalue weighted by atomic mass is 9.95. The molecule has 0 aliphatic carbocycles. The summed E-state index contributed by atoms with van der Waals surface area (Å²) in [5, 5.41) is 0. The Kier molecular flexibility index (Phi) is 6.72. The Morgan fingerprint density at radius 1 is 1.14 bits per heavy atom. The number of likely N-dealkylation sites (tertiary alicyclic amines) is 2. The van der Waals surface area contributed by atoms with Crippen molar-refractivity contribution < 1.29 is 0 Å².